The number of methoxy groups -OCH3 is 1. The smallest absolute Gasteiger partial charge is 0.234 e. The summed E-state index contributed by atoms with van der Waals surface area (Å²) in [5.74, 6) is 1.74. The first-order chi connectivity index (χ1) is 13.7. The zero-order valence-corrected chi connectivity index (χ0v) is 16.6. The third kappa shape index (κ3) is 3.71. The number of para-hydroxylation sites is 1. The highest BCUT2D eigenvalue weighted by Gasteiger charge is 2.14. The molecule has 0 spiro atoms. The molecule has 4 nitrogen and oxygen atoms in total. The van der Waals surface area contributed by atoms with Crippen molar-refractivity contribution in [2.75, 3.05) is 18.2 Å². The molecule has 0 unspecified atom stereocenters. The van der Waals surface area contributed by atoms with Crippen LogP contribution in [0.1, 0.15) is 11.1 Å². The second kappa shape index (κ2) is 7.98. The minimum atomic E-state index is -0.0626. The van der Waals surface area contributed by atoms with Crippen molar-refractivity contribution in [1.82, 2.24) is 0 Å². The van der Waals surface area contributed by atoms with Crippen molar-refractivity contribution in [2.45, 2.75) is 12.7 Å². The molecule has 3 aromatic carbocycles. The van der Waals surface area contributed by atoms with Gasteiger partial charge in [0.2, 0.25) is 5.91 Å². The standard InChI is InChI=1S/C23H21NO3S/c1-15-7-3-4-8-16(15)13-28-14-23(25)24-19-12-21-18(11-22(19)26-2)17-9-5-6-10-20(17)27-21/h3-12H,13-14H2,1-2H3,(H,24,25). The number of benzene rings is 3. The number of rotatable bonds is 6. The molecule has 0 atom stereocenters. The van der Waals surface area contributed by atoms with Crippen LogP contribution in [-0.2, 0) is 10.5 Å². The minimum absolute atomic E-state index is 0.0626. The molecule has 28 heavy (non-hydrogen) atoms. The van der Waals surface area contributed by atoms with Crippen molar-refractivity contribution < 1.29 is 13.9 Å². The molecular formula is C23H21NO3S. The van der Waals surface area contributed by atoms with E-state index < -0.39 is 0 Å². The Morgan fingerprint density at radius 3 is 2.64 bits per heavy atom. The summed E-state index contributed by atoms with van der Waals surface area (Å²) in [5.41, 5.74) is 4.66. The zero-order valence-electron chi connectivity index (χ0n) is 15.8. The van der Waals surface area contributed by atoms with Crippen LogP contribution in [0.25, 0.3) is 21.9 Å². The van der Waals surface area contributed by atoms with E-state index in [9.17, 15) is 4.79 Å². The fourth-order valence-corrected chi connectivity index (χ4v) is 4.13. The number of hydrogen-bond acceptors (Lipinski definition) is 4. The summed E-state index contributed by atoms with van der Waals surface area (Å²) >= 11 is 1.59. The number of furan rings is 1. The second-order valence-electron chi connectivity index (χ2n) is 6.61. The summed E-state index contributed by atoms with van der Waals surface area (Å²) in [6.07, 6.45) is 0. The van der Waals surface area contributed by atoms with Gasteiger partial charge in [-0.1, -0.05) is 42.5 Å². The summed E-state index contributed by atoms with van der Waals surface area (Å²) in [4.78, 5) is 12.4. The molecule has 1 heterocycles. The van der Waals surface area contributed by atoms with Crippen molar-refractivity contribution in [2.24, 2.45) is 0 Å². The van der Waals surface area contributed by atoms with Crippen molar-refractivity contribution in [1.29, 1.82) is 0 Å². The van der Waals surface area contributed by atoms with E-state index in [0.717, 1.165) is 27.7 Å². The van der Waals surface area contributed by atoms with E-state index in [1.807, 2.05) is 48.5 Å². The van der Waals surface area contributed by atoms with Crippen LogP contribution in [-0.4, -0.2) is 18.8 Å². The Balaban J connectivity index is 1.49. The van der Waals surface area contributed by atoms with Gasteiger partial charge in [0.1, 0.15) is 16.9 Å². The summed E-state index contributed by atoms with van der Waals surface area (Å²) in [6.45, 7) is 2.09. The first-order valence-electron chi connectivity index (χ1n) is 9.07. The zero-order chi connectivity index (χ0) is 19.5. The number of nitrogens with one attached hydrogen (secondary N) is 1. The molecule has 0 aliphatic carbocycles. The van der Waals surface area contributed by atoms with E-state index in [-0.39, 0.29) is 5.91 Å². The van der Waals surface area contributed by atoms with E-state index in [1.165, 1.54) is 11.1 Å². The molecule has 0 aliphatic heterocycles. The number of hydrogen-bond donors (Lipinski definition) is 1. The largest absolute Gasteiger partial charge is 0.495 e. The number of amides is 1. The van der Waals surface area contributed by atoms with Crippen LogP contribution in [0.15, 0.2) is 65.1 Å². The Morgan fingerprint density at radius 1 is 1.04 bits per heavy atom. The monoisotopic (exact) mass is 391 g/mol. The van der Waals surface area contributed by atoms with E-state index in [0.29, 0.717) is 17.2 Å². The van der Waals surface area contributed by atoms with E-state index in [1.54, 1.807) is 18.9 Å². The highest BCUT2D eigenvalue weighted by Crippen LogP contribution is 2.36. The Bertz CT molecular complexity index is 1150. The molecule has 4 rings (SSSR count). The lowest BCUT2D eigenvalue weighted by atomic mass is 10.1. The molecule has 4 aromatic rings. The number of ether oxygens (including phenoxy) is 1. The minimum Gasteiger partial charge on any atom is -0.495 e. The molecule has 1 N–H and O–H groups in total. The molecular weight excluding hydrogens is 370 g/mol. The maximum absolute atomic E-state index is 12.4. The Morgan fingerprint density at radius 2 is 1.82 bits per heavy atom. The first-order valence-corrected chi connectivity index (χ1v) is 10.2. The fourth-order valence-electron chi connectivity index (χ4n) is 3.23. The van der Waals surface area contributed by atoms with Gasteiger partial charge in [0, 0.05) is 22.6 Å². The molecule has 0 aliphatic rings. The average molecular weight is 391 g/mol. The summed E-state index contributed by atoms with van der Waals surface area (Å²) in [5, 5.41) is 4.96. The van der Waals surface area contributed by atoms with Crippen LogP contribution in [0.4, 0.5) is 5.69 Å². The number of carbonyl (C=O) groups is 1. The average Bonchev–Trinajstić information content (AvgIpc) is 3.06. The lowest BCUT2D eigenvalue weighted by Crippen LogP contribution is -2.14. The van der Waals surface area contributed by atoms with Gasteiger partial charge >= 0.3 is 0 Å². The highest BCUT2D eigenvalue weighted by molar-refractivity contribution is 7.99. The molecule has 0 radical (unpaired) electrons. The van der Waals surface area contributed by atoms with E-state index in [4.69, 9.17) is 9.15 Å². The third-order valence-electron chi connectivity index (χ3n) is 4.72. The maximum atomic E-state index is 12.4. The van der Waals surface area contributed by atoms with Gasteiger partial charge in [-0.05, 0) is 30.2 Å². The molecule has 1 amide bonds. The number of anilines is 1. The highest BCUT2D eigenvalue weighted by atomic mass is 32.2. The van der Waals surface area contributed by atoms with Gasteiger partial charge in [-0.15, -0.1) is 11.8 Å². The molecule has 0 saturated carbocycles. The normalized spacial score (nSPS) is 11.1. The molecule has 1 aromatic heterocycles. The predicted octanol–water partition coefficient (Wildman–Crippen LogP) is 5.77. The molecule has 0 bridgehead atoms. The lowest BCUT2D eigenvalue weighted by molar-refractivity contribution is -0.113. The van der Waals surface area contributed by atoms with Crippen LogP contribution >= 0.6 is 11.8 Å². The van der Waals surface area contributed by atoms with Gasteiger partial charge in [0.15, 0.2) is 0 Å². The van der Waals surface area contributed by atoms with Gasteiger partial charge in [0.25, 0.3) is 0 Å². The summed E-state index contributed by atoms with van der Waals surface area (Å²) < 4.78 is 11.4. The van der Waals surface area contributed by atoms with Gasteiger partial charge < -0.3 is 14.5 Å². The quantitative estimate of drug-likeness (QED) is 0.453. The van der Waals surface area contributed by atoms with Crippen molar-refractivity contribution in [3.05, 3.63) is 71.8 Å². The summed E-state index contributed by atoms with van der Waals surface area (Å²) in [6, 6.07) is 19.8. The summed E-state index contributed by atoms with van der Waals surface area (Å²) in [7, 11) is 1.60. The van der Waals surface area contributed by atoms with Crippen molar-refractivity contribution in [3.8, 4) is 5.75 Å². The van der Waals surface area contributed by atoms with Gasteiger partial charge in [0.05, 0.1) is 18.6 Å². The first kappa shape index (κ1) is 18.4. The van der Waals surface area contributed by atoms with E-state index >= 15 is 0 Å². The number of aryl methyl sites for hydroxylation is 1. The Labute approximate surface area is 167 Å². The van der Waals surface area contributed by atoms with Crippen molar-refractivity contribution in [3.63, 3.8) is 0 Å². The van der Waals surface area contributed by atoms with Gasteiger partial charge in [-0.25, -0.2) is 0 Å². The molecule has 5 heteroatoms. The molecule has 0 saturated heterocycles. The van der Waals surface area contributed by atoms with Gasteiger partial charge in [-0.3, -0.25) is 4.79 Å². The van der Waals surface area contributed by atoms with Crippen LogP contribution in [0, 0.1) is 6.92 Å². The Hall–Kier alpha value is -2.92. The predicted molar refractivity (Wildman–Crippen MR) is 116 cm³/mol. The molecule has 0 fully saturated rings. The number of thioether (sulfide) groups is 1. The van der Waals surface area contributed by atoms with Gasteiger partial charge in [-0.2, -0.15) is 0 Å². The fraction of sp³-hybridized carbons (Fsp3) is 0.174. The van der Waals surface area contributed by atoms with Crippen LogP contribution in [0.2, 0.25) is 0 Å². The third-order valence-corrected chi connectivity index (χ3v) is 5.71. The Kier molecular flexibility index (Phi) is 5.26. The van der Waals surface area contributed by atoms with Crippen molar-refractivity contribution >= 4 is 45.3 Å². The van der Waals surface area contributed by atoms with Crippen LogP contribution in [0.5, 0.6) is 5.75 Å². The second-order valence-corrected chi connectivity index (χ2v) is 7.60. The van der Waals surface area contributed by atoms with Crippen LogP contribution in [0.3, 0.4) is 0 Å². The maximum Gasteiger partial charge on any atom is 0.234 e. The lowest BCUT2D eigenvalue weighted by Gasteiger charge is -2.10. The van der Waals surface area contributed by atoms with E-state index in [2.05, 4.69) is 24.4 Å². The SMILES string of the molecule is COc1cc2c(cc1NC(=O)CSCc1ccccc1C)oc1ccccc12. The number of carbonyl (C=O) groups excluding carboxylic acids is 1. The number of fused-ring (bicyclic) bond motifs is 3. The molecule has 142 valence electrons. The van der Waals surface area contributed by atoms with Crippen LogP contribution < -0.4 is 10.1 Å². The topological polar surface area (TPSA) is 51.5 Å².